The summed E-state index contributed by atoms with van der Waals surface area (Å²) in [5, 5.41) is 0.367. The Morgan fingerprint density at radius 3 is 2.50 bits per heavy atom. The highest BCUT2D eigenvalue weighted by atomic mass is 35.5. The van der Waals surface area contributed by atoms with E-state index in [9.17, 15) is 9.59 Å². The van der Waals surface area contributed by atoms with Crippen LogP contribution in [0.2, 0.25) is 5.02 Å². The van der Waals surface area contributed by atoms with Gasteiger partial charge in [0.25, 0.3) is 0 Å². The Morgan fingerprint density at radius 1 is 1.20 bits per heavy atom. The van der Waals surface area contributed by atoms with Gasteiger partial charge in [-0.25, -0.2) is 0 Å². The Kier molecular flexibility index (Phi) is 6.52. The van der Waals surface area contributed by atoms with Gasteiger partial charge in [-0.3, -0.25) is 9.59 Å². The van der Waals surface area contributed by atoms with Crippen molar-refractivity contribution in [2.75, 3.05) is 6.61 Å². The molecule has 0 heterocycles. The Balaban J connectivity index is 2.40. The summed E-state index contributed by atoms with van der Waals surface area (Å²) in [5.74, 6) is -0.311. The lowest BCUT2D eigenvalue weighted by molar-refractivity contribution is -0.147. The van der Waals surface area contributed by atoms with Crippen LogP contribution >= 0.6 is 11.6 Å². The fourth-order valence-electron chi connectivity index (χ4n) is 1.40. The molecule has 4 nitrogen and oxygen atoms in total. The fraction of sp³-hybridized carbons (Fsp3) is 0.467. The maximum absolute atomic E-state index is 11.6. The number of esters is 2. The molecule has 0 bridgehead atoms. The Bertz CT molecular complexity index is 483. The van der Waals surface area contributed by atoms with Crippen LogP contribution in [0.3, 0.4) is 0 Å². The van der Waals surface area contributed by atoms with Crippen LogP contribution in [0.4, 0.5) is 0 Å². The third-order valence-corrected chi connectivity index (χ3v) is 2.73. The summed E-state index contributed by atoms with van der Waals surface area (Å²) >= 11 is 5.92. The molecule has 1 rings (SSSR count). The first kappa shape index (κ1) is 16.5. The molecule has 1 aromatic carbocycles. The first-order valence-electron chi connectivity index (χ1n) is 6.51. The molecular formula is C15H19ClO4. The predicted octanol–water partition coefficient (Wildman–Crippen LogP) is 3.53. The van der Waals surface area contributed by atoms with Crippen molar-refractivity contribution in [3.8, 4) is 5.75 Å². The van der Waals surface area contributed by atoms with Gasteiger partial charge in [0.1, 0.15) is 5.75 Å². The summed E-state index contributed by atoms with van der Waals surface area (Å²) in [7, 11) is 0. The second-order valence-electron chi connectivity index (χ2n) is 4.98. The van der Waals surface area contributed by atoms with Crippen molar-refractivity contribution in [2.24, 2.45) is 5.92 Å². The maximum Gasteiger partial charge on any atom is 0.311 e. The molecule has 0 fully saturated rings. The van der Waals surface area contributed by atoms with Crippen molar-refractivity contribution < 1.29 is 19.1 Å². The number of hydrogen-bond donors (Lipinski definition) is 0. The molecule has 0 aliphatic carbocycles. The second-order valence-corrected chi connectivity index (χ2v) is 5.39. The summed E-state index contributed by atoms with van der Waals surface area (Å²) in [5.41, 5.74) is 0.938. The molecule has 1 aromatic rings. The highest BCUT2D eigenvalue weighted by molar-refractivity contribution is 6.32. The van der Waals surface area contributed by atoms with Crippen LogP contribution in [-0.2, 0) is 14.3 Å². The lowest BCUT2D eigenvalue weighted by Gasteiger charge is -2.08. The van der Waals surface area contributed by atoms with Crippen molar-refractivity contribution in [1.82, 2.24) is 0 Å². The van der Waals surface area contributed by atoms with Gasteiger partial charge in [-0.05, 0) is 30.5 Å². The molecule has 0 N–H and O–H groups in total. The molecule has 0 radical (unpaired) electrons. The first-order valence-corrected chi connectivity index (χ1v) is 6.88. The number of aryl methyl sites for hydroxylation is 1. The number of benzene rings is 1. The summed E-state index contributed by atoms with van der Waals surface area (Å²) in [6, 6.07) is 5.16. The number of hydrogen-bond acceptors (Lipinski definition) is 4. The molecular weight excluding hydrogens is 280 g/mol. The molecule has 0 aromatic heterocycles. The van der Waals surface area contributed by atoms with Crippen LogP contribution in [-0.4, -0.2) is 18.5 Å². The van der Waals surface area contributed by atoms with E-state index in [1.54, 1.807) is 12.1 Å². The lowest BCUT2D eigenvalue weighted by Crippen LogP contribution is -2.14. The average molecular weight is 299 g/mol. The van der Waals surface area contributed by atoms with E-state index in [0.29, 0.717) is 17.4 Å². The average Bonchev–Trinajstić information content (AvgIpc) is 2.38. The number of carbonyl (C=O) groups is 2. The number of carbonyl (C=O) groups excluding carboxylic acids is 2. The molecule has 5 heteroatoms. The lowest BCUT2D eigenvalue weighted by atomic mass is 10.2. The van der Waals surface area contributed by atoms with Crippen molar-refractivity contribution in [1.29, 1.82) is 0 Å². The highest BCUT2D eigenvalue weighted by Gasteiger charge is 2.12. The Labute approximate surface area is 124 Å². The third kappa shape index (κ3) is 6.06. The number of rotatable bonds is 6. The maximum atomic E-state index is 11.6. The van der Waals surface area contributed by atoms with Gasteiger partial charge >= 0.3 is 11.9 Å². The zero-order valence-electron chi connectivity index (χ0n) is 11.9. The van der Waals surface area contributed by atoms with Crippen molar-refractivity contribution in [3.05, 3.63) is 28.8 Å². The standard InChI is InChI=1S/C15H19ClO4/c1-10(2)9-19-14(17)6-7-15(18)20-13-8-11(3)4-5-12(13)16/h4-5,8,10H,6-7,9H2,1-3H3. The largest absolute Gasteiger partial charge is 0.465 e. The minimum absolute atomic E-state index is 0.00892. The van der Waals surface area contributed by atoms with E-state index in [-0.39, 0.29) is 18.8 Å². The molecule has 0 amide bonds. The van der Waals surface area contributed by atoms with E-state index in [4.69, 9.17) is 21.1 Å². The van der Waals surface area contributed by atoms with Crippen LogP contribution in [0.1, 0.15) is 32.3 Å². The predicted molar refractivity (Wildman–Crippen MR) is 76.9 cm³/mol. The minimum Gasteiger partial charge on any atom is -0.465 e. The molecule has 0 atom stereocenters. The van der Waals surface area contributed by atoms with Gasteiger partial charge in [-0.15, -0.1) is 0 Å². The van der Waals surface area contributed by atoms with Crippen molar-refractivity contribution >= 4 is 23.5 Å². The van der Waals surface area contributed by atoms with Gasteiger partial charge in [0.2, 0.25) is 0 Å². The molecule has 0 spiro atoms. The van der Waals surface area contributed by atoms with Gasteiger partial charge < -0.3 is 9.47 Å². The van der Waals surface area contributed by atoms with Crippen LogP contribution in [0.15, 0.2) is 18.2 Å². The third-order valence-electron chi connectivity index (χ3n) is 2.42. The molecule has 0 aliphatic rings. The van der Waals surface area contributed by atoms with Crippen LogP contribution in [0.25, 0.3) is 0 Å². The summed E-state index contributed by atoms with van der Waals surface area (Å²) in [4.78, 5) is 23.0. The Morgan fingerprint density at radius 2 is 1.85 bits per heavy atom. The zero-order chi connectivity index (χ0) is 15.1. The van der Waals surface area contributed by atoms with E-state index in [2.05, 4.69) is 0 Å². The number of ether oxygens (including phenoxy) is 2. The summed E-state index contributed by atoms with van der Waals surface area (Å²) in [6.07, 6.45) is -0.0177. The second kappa shape index (κ2) is 7.90. The minimum atomic E-state index is -0.501. The molecule has 0 saturated carbocycles. The summed E-state index contributed by atoms with van der Waals surface area (Å²) in [6.45, 7) is 6.12. The first-order chi connectivity index (χ1) is 9.38. The van der Waals surface area contributed by atoms with Gasteiger partial charge in [-0.2, -0.15) is 0 Å². The van der Waals surface area contributed by atoms with Crippen molar-refractivity contribution in [3.63, 3.8) is 0 Å². The van der Waals surface area contributed by atoms with Crippen LogP contribution in [0, 0.1) is 12.8 Å². The molecule has 20 heavy (non-hydrogen) atoms. The molecule has 0 saturated heterocycles. The Hall–Kier alpha value is -1.55. The van der Waals surface area contributed by atoms with E-state index in [1.165, 1.54) is 0 Å². The normalized spacial score (nSPS) is 10.4. The van der Waals surface area contributed by atoms with Crippen LogP contribution in [0.5, 0.6) is 5.75 Å². The molecule has 0 aliphatic heterocycles. The van der Waals surface area contributed by atoms with E-state index < -0.39 is 11.9 Å². The van der Waals surface area contributed by atoms with Gasteiger partial charge in [-0.1, -0.05) is 31.5 Å². The van der Waals surface area contributed by atoms with E-state index >= 15 is 0 Å². The van der Waals surface area contributed by atoms with Gasteiger partial charge in [0.05, 0.1) is 24.5 Å². The van der Waals surface area contributed by atoms with E-state index in [1.807, 2.05) is 26.8 Å². The number of halogens is 1. The summed E-state index contributed by atoms with van der Waals surface area (Å²) < 4.78 is 10.1. The van der Waals surface area contributed by atoms with E-state index in [0.717, 1.165) is 5.56 Å². The highest BCUT2D eigenvalue weighted by Crippen LogP contribution is 2.25. The molecule has 0 unspecified atom stereocenters. The SMILES string of the molecule is Cc1ccc(Cl)c(OC(=O)CCC(=O)OCC(C)C)c1. The molecule has 110 valence electrons. The zero-order valence-corrected chi connectivity index (χ0v) is 12.7. The van der Waals surface area contributed by atoms with Crippen LogP contribution < -0.4 is 4.74 Å². The fourth-order valence-corrected chi connectivity index (χ4v) is 1.55. The smallest absolute Gasteiger partial charge is 0.311 e. The van der Waals surface area contributed by atoms with Gasteiger partial charge in [0.15, 0.2) is 0 Å². The van der Waals surface area contributed by atoms with Crippen molar-refractivity contribution in [2.45, 2.75) is 33.6 Å². The monoisotopic (exact) mass is 298 g/mol. The van der Waals surface area contributed by atoms with Gasteiger partial charge in [0, 0.05) is 0 Å². The quantitative estimate of drug-likeness (QED) is 0.595. The topological polar surface area (TPSA) is 52.6 Å².